The molecule has 0 aromatic heterocycles. The van der Waals surface area contributed by atoms with Crippen molar-refractivity contribution in [3.63, 3.8) is 0 Å². The highest BCUT2D eigenvalue weighted by atomic mass is 16.5. The van der Waals surface area contributed by atoms with Crippen LogP contribution in [-0.2, 0) is 0 Å². The van der Waals surface area contributed by atoms with Crippen molar-refractivity contribution in [1.82, 2.24) is 0 Å². The molecule has 0 spiro atoms. The summed E-state index contributed by atoms with van der Waals surface area (Å²) in [6.07, 6.45) is 2.73. The first-order valence-corrected chi connectivity index (χ1v) is 9.22. The number of Topliss-reactive ketones (excluding diaryl/α,β-unsaturated/α-hetero) is 1. The minimum Gasteiger partial charge on any atom is -0.493 e. The number of anilines is 1. The van der Waals surface area contributed by atoms with Gasteiger partial charge in [-0.05, 0) is 56.2 Å². The molecule has 0 unspecified atom stereocenters. The van der Waals surface area contributed by atoms with Crippen molar-refractivity contribution in [2.75, 3.05) is 24.6 Å². The van der Waals surface area contributed by atoms with Gasteiger partial charge in [0, 0.05) is 24.8 Å². The Labute approximate surface area is 155 Å². The van der Waals surface area contributed by atoms with Gasteiger partial charge in [-0.25, -0.2) is 0 Å². The van der Waals surface area contributed by atoms with Gasteiger partial charge in [0.1, 0.15) is 11.5 Å². The summed E-state index contributed by atoms with van der Waals surface area (Å²) in [5.74, 6) is 1.55. The maximum absolute atomic E-state index is 12.6. The van der Waals surface area contributed by atoms with E-state index in [1.807, 2.05) is 18.2 Å². The molecule has 1 aliphatic rings. The maximum Gasteiger partial charge on any atom is 0.231 e. The molecule has 26 heavy (non-hydrogen) atoms. The normalized spacial score (nSPS) is 14.3. The molecule has 0 bridgehead atoms. The number of carbonyl (C=O) groups excluding carboxylic acids is 1. The van der Waals surface area contributed by atoms with Crippen LogP contribution >= 0.6 is 0 Å². The van der Waals surface area contributed by atoms with Gasteiger partial charge in [0.15, 0.2) is 5.76 Å². The quantitative estimate of drug-likeness (QED) is 0.663. The second-order valence-corrected chi connectivity index (χ2v) is 6.21. The highest BCUT2D eigenvalue weighted by Gasteiger charge is 2.27. The van der Waals surface area contributed by atoms with E-state index in [0.717, 1.165) is 30.8 Å². The molecule has 0 N–H and O–H groups in total. The van der Waals surface area contributed by atoms with Crippen molar-refractivity contribution in [3.8, 4) is 11.5 Å². The molecule has 2 aromatic carbocycles. The Bertz CT molecular complexity index is 805. The van der Waals surface area contributed by atoms with Crippen LogP contribution in [0.4, 0.5) is 5.69 Å². The largest absolute Gasteiger partial charge is 0.493 e. The Morgan fingerprint density at radius 1 is 1.04 bits per heavy atom. The van der Waals surface area contributed by atoms with E-state index in [1.165, 1.54) is 5.69 Å². The molecule has 0 amide bonds. The molecule has 4 nitrogen and oxygen atoms in total. The Morgan fingerprint density at radius 3 is 2.42 bits per heavy atom. The van der Waals surface area contributed by atoms with E-state index in [0.29, 0.717) is 23.7 Å². The fourth-order valence-corrected chi connectivity index (χ4v) is 3.00. The molecular weight excluding hydrogens is 326 g/mol. The number of benzene rings is 2. The minimum atomic E-state index is -0.0881. The van der Waals surface area contributed by atoms with Crippen LogP contribution in [0.1, 0.15) is 43.1 Å². The number of hydrogen-bond acceptors (Lipinski definition) is 4. The van der Waals surface area contributed by atoms with Gasteiger partial charge < -0.3 is 14.4 Å². The van der Waals surface area contributed by atoms with E-state index < -0.39 is 0 Å². The molecule has 1 aliphatic heterocycles. The number of carbonyl (C=O) groups is 1. The van der Waals surface area contributed by atoms with Crippen molar-refractivity contribution in [3.05, 3.63) is 59.4 Å². The summed E-state index contributed by atoms with van der Waals surface area (Å²) >= 11 is 0. The third kappa shape index (κ3) is 3.74. The summed E-state index contributed by atoms with van der Waals surface area (Å²) in [5, 5.41) is 0. The van der Waals surface area contributed by atoms with Gasteiger partial charge in [-0.2, -0.15) is 0 Å². The zero-order valence-electron chi connectivity index (χ0n) is 15.6. The predicted molar refractivity (Wildman–Crippen MR) is 105 cm³/mol. The third-order valence-corrected chi connectivity index (χ3v) is 4.43. The van der Waals surface area contributed by atoms with Gasteiger partial charge >= 0.3 is 0 Å². The van der Waals surface area contributed by atoms with E-state index in [9.17, 15) is 4.79 Å². The first-order valence-electron chi connectivity index (χ1n) is 9.22. The van der Waals surface area contributed by atoms with Crippen LogP contribution in [-0.4, -0.2) is 25.5 Å². The highest BCUT2D eigenvalue weighted by Crippen LogP contribution is 2.35. The van der Waals surface area contributed by atoms with Gasteiger partial charge in [0.05, 0.1) is 12.2 Å². The molecule has 3 rings (SSSR count). The van der Waals surface area contributed by atoms with E-state index >= 15 is 0 Å². The van der Waals surface area contributed by atoms with E-state index in [-0.39, 0.29) is 5.78 Å². The van der Waals surface area contributed by atoms with Crippen LogP contribution in [0.5, 0.6) is 11.5 Å². The van der Waals surface area contributed by atoms with E-state index in [4.69, 9.17) is 9.47 Å². The Kier molecular flexibility index (Phi) is 5.61. The van der Waals surface area contributed by atoms with Crippen LogP contribution in [0.3, 0.4) is 0 Å². The average molecular weight is 351 g/mol. The molecule has 1 heterocycles. The lowest BCUT2D eigenvalue weighted by molar-refractivity contribution is 0.101. The van der Waals surface area contributed by atoms with E-state index in [2.05, 4.69) is 37.8 Å². The summed E-state index contributed by atoms with van der Waals surface area (Å²) < 4.78 is 11.4. The Balaban J connectivity index is 1.78. The standard InChI is InChI=1S/C22H25NO3/c1-4-13-25-18-11-12-19-20(15-18)26-21(22(19)24)14-16-7-9-17(10-8-16)23(5-2)6-3/h7-12,14-15H,4-6,13H2,1-3H3/b21-14-. The van der Waals surface area contributed by atoms with Gasteiger partial charge in [0.25, 0.3) is 0 Å². The summed E-state index contributed by atoms with van der Waals surface area (Å²) in [5.41, 5.74) is 2.70. The lowest BCUT2D eigenvalue weighted by atomic mass is 10.1. The molecule has 0 fully saturated rings. The third-order valence-electron chi connectivity index (χ3n) is 4.43. The fraction of sp³-hybridized carbons (Fsp3) is 0.318. The number of ketones is 1. The first kappa shape index (κ1) is 18.1. The molecule has 4 heteroatoms. The smallest absolute Gasteiger partial charge is 0.231 e. The molecule has 0 atom stereocenters. The van der Waals surface area contributed by atoms with Crippen molar-refractivity contribution >= 4 is 17.5 Å². The van der Waals surface area contributed by atoms with Crippen LogP contribution in [0.2, 0.25) is 0 Å². The number of hydrogen-bond donors (Lipinski definition) is 0. The maximum atomic E-state index is 12.6. The highest BCUT2D eigenvalue weighted by molar-refractivity contribution is 6.14. The number of fused-ring (bicyclic) bond motifs is 1. The molecule has 0 aliphatic carbocycles. The summed E-state index contributed by atoms with van der Waals surface area (Å²) in [7, 11) is 0. The van der Waals surface area contributed by atoms with E-state index in [1.54, 1.807) is 18.2 Å². The topological polar surface area (TPSA) is 38.8 Å². The zero-order chi connectivity index (χ0) is 18.5. The Morgan fingerprint density at radius 2 is 1.77 bits per heavy atom. The number of rotatable bonds is 7. The van der Waals surface area contributed by atoms with Crippen LogP contribution in [0.25, 0.3) is 6.08 Å². The number of ether oxygens (including phenoxy) is 2. The van der Waals surface area contributed by atoms with Crippen LogP contribution in [0.15, 0.2) is 48.2 Å². The lowest BCUT2D eigenvalue weighted by Crippen LogP contribution is -2.21. The number of nitrogens with zero attached hydrogens (tertiary/aromatic N) is 1. The van der Waals surface area contributed by atoms with Crippen LogP contribution in [0, 0.1) is 0 Å². The summed E-state index contributed by atoms with van der Waals surface area (Å²) in [6, 6.07) is 13.5. The van der Waals surface area contributed by atoms with Gasteiger partial charge in [-0.3, -0.25) is 4.79 Å². The first-order chi connectivity index (χ1) is 12.7. The van der Waals surface area contributed by atoms with Crippen molar-refractivity contribution in [2.45, 2.75) is 27.2 Å². The molecular formula is C22H25NO3. The second kappa shape index (κ2) is 8.09. The van der Waals surface area contributed by atoms with Crippen LogP contribution < -0.4 is 14.4 Å². The molecule has 2 aromatic rings. The monoisotopic (exact) mass is 351 g/mol. The minimum absolute atomic E-state index is 0.0881. The fourth-order valence-electron chi connectivity index (χ4n) is 3.00. The van der Waals surface area contributed by atoms with Crippen molar-refractivity contribution in [1.29, 1.82) is 0 Å². The summed E-state index contributed by atoms with van der Waals surface area (Å²) in [6.45, 7) is 8.92. The zero-order valence-corrected chi connectivity index (χ0v) is 15.6. The summed E-state index contributed by atoms with van der Waals surface area (Å²) in [4.78, 5) is 14.8. The second-order valence-electron chi connectivity index (χ2n) is 6.21. The van der Waals surface area contributed by atoms with Gasteiger partial charge in [-0.15, -0.1) is 0 Å². The molecule has 0 saturated heterocycles. The Hall–Kier alpha value is -2.75. The molecule has 0 saturated carbocycles. The predicted octanol–water partition coefficient (Wildman–Crippen LogP) is 4.94. The average Bonchev–Trinajstić information content (AvgIpc) is 2.97. The van der Waals surface area contributed by atoms with Gasteiger partial charge in [-0.1, -0.05) is 19.1 Å². The molecule has 136 valence electrons. The molecule has 0 radical (unpaired) electrons. The van der Waals surface area contributed by atoms with Gasteiger partial charge in [0.2, 0.25) is 5.78 Å². The lowest BCUT2D eigenvalue weighted by Gasteiger charge is -2.20. The SMILES string of the molecule is CCCOc1ccc2c(c1)O/C(=C\c1ccc(N(CC)CC)cc1)C2=O. The number of allylic oxidation sites excluding steroid dienone is 1. The van der Waals surface area contributed by atoms with Crippen molar-refractivity contribution in [2.24, 2.45) is 0 Å². The van der Waals surface area contributed by atoms with Crippen molar-refractivity contribution < 1.29 is 14.3 Å².